The lowest BCUT2D eigenvalue weighted by Gasteiger charge is -2.12. The Bertz CT molecular complexity index is 425. The second-order valence-electron chi connectivity index (χ2n) is 4.18. The van der Waals surface area contributed by atoms with Crippen LogP contribution in [0, 0.1) is 12.7 Å². The first-order chi connectivity index (χ1) is 7.59. The molecule has 86 valence electrons. The number of benzene rings is 1. The molecule has 0 aromatic heterocycles. The third kappa shape index (κ3) is 1.93. The number of carboxylic acid groups (broad SMARTS) is 1. The van der Waals surface area contributed by atoms with Gasteiger partial charge in [0, 0.05) is 12.5 Å². The number of carbonyl (C=O) groups is 1. The van der Waals surface area contributed by atoms with Crippen LogP contribution in [0.5, 0.6) is 0 Å². The highest BCUT2D eigenvalue weighted by atomic mass is 19.1. The van der Waals surface area contributed by atoms with Crippen molar-refractivity contribution in [1.29, 1.82) is 0 Å². The third-order valence-corrected chi connectivity index (χ3v) is 3.07. The fourth-order valence-electron chi connectivity index (χ4n) is 2.15. The summed E-state index contributed by atoms with van der Waals surface area (Å²) in [4.78, 5) is 11.0. The molecule has 1 aromatic carbocycles. The number of halogens is 1. The topological polar surface area (TPSA) is 49.3 Å². The van der Waals surface area contributed by atoms with Crippen LogP contribution in [0.15, 0.2) is 12.1 Å². The van der Waals surface area contributed by atoms with Crippen molar-refractivity contribution in [3.63, 3.8) is 0 Å². The molecule has 1 aliphatic rings. The molecule has 16 heavy (non-hydrogen) atoms. The van der Waals surface area contributed by atoms with E-state index in [1.54, 1.807) is 6.92 Å². The Morgan fingerprint density at radius 2 is 2.31 bits per heavy atom. The summed E-state index contributed by atoms with van der Waals surface area (Å²) in [5.41, 5.74) is 1.19. The van der Waals surface area contributed by atoms with Gasteiger partial charge >= 0.3 is 5.97 Å². The zero-order chi connectivity index (χ0) is 11.7. The molecule has 2 N–H and O–H groups in total. The summed E-state index contributed by atoms with van der Waals surface area (Å²) in [6, 6.07) is 2.79. The monoisotopic (exact) mass is 223 g/mol. The largest absolute Gasteiger partial charge is 0.478 e. The predicted molar refractivity (Wildman–Crippen MR) is 58.3 cm³/mol. The molecule has 3 nitrogen and oxygen atoms in total. The standard InChI is InChI=1S/C12H14FNO2/c1-7-4-11(13)10(5-9(7)12(15)16)8-2-3-14-6-8/h4-5,8,14H,2-3,6H2,1H3,(H,15,16). The third-order valence-electron chi connectivity index (χ3n) is 3.07. The Morgan fingerprint density at radius 1 is 1.56 bits per heavy atom. The first kappa shape index (κ1) is 11.1. The Kier molecular flexibility index (Phi) is 2.92. The molecule has 1 aliphatic heterocycles. The molecule has 0 radical (unpaired) electrons. The number of aryl methyl sites for hydroxylation is 1. The van der Waals surface area contributed by atoms with E-state index in [2.05, 4.69) is 5.32 Å². The maximum atomic E-state index is 13.7. The predicted octanol–water partition coefficient (Wildman–Crippen LogP) is 1.91. The van der Waals surface area contributed by atoms with Crippen LogP contribution in [0.3, 0.4) is 0 Å². The van der Waals surface area contributed by atoms with Crippen molar-refractivity contribution in [2.45, 2.75) is 19.3 Å². The van der Waals surface area contributed by atoms with Crippen molar-refractivity contribution in [2.75, 3.05) is 13.1 Å². The van der Waals surface area contributed by atoms with Crippen LogP contribution in [0.4, 0.5) is 4.39 Å². The van der Waals surface area contributed by atoms with Gasteiger partial charge in [0.1, 0.15) is 5.82 Å². The van der Waals surface area contributed by atoms with E-state index in [1.165, 1.54) is 12.1 Å². The van der Waals surface area contributed by atoms with Gasteiger partial charge in [-0.1, -0.05) is 0 Å². The highest BCUT2D eigenvalue weighted by Gasteiger charge is 2.22. The fourth-order valence-corrected chi connectivity index (χ4v) is 2.15. The minimum atomic E-state index is -0.996. The van der Waals surface area contributed by atoms with E-state index in [1.807, 2.05) is 0 Å². The van der Waals surface area contributed by atoms with E-state index in [0.717, 1.165) is 19.5 Å². The summed E-state index contributed by atoms with van der Waals surface area (Å²) in [6.45, 7) is 3.20. The van der Waals surface area contributed by atoms with E-state index in [4.69, 9.17) is 5.11 Å². The van der Waals surface area contributed by atoms with E-state index in [9.17, 15) is 9.18 Å². The van der Waals surface area contributed by atoms with Gasteiger partial charge in [-0.15, -0.1) is 0 Å². The molecule has 0 saturated carbocycles. The normalized spacial score (nSPS) is 20.0. The van der Waals surface area contributed by atoms with Crippen LogP contribution in [0.1, 0.15) is 33.8 Å². The summed E-state index contributed by atoms with van der Waals surface area (Å²) >= 11 is 0. The maximum Gasteiger partial charge on any atom is 0.335 e. The molecule has 1 fully saturated rings. The molecule has 1 heterocycles. The molecule has 1 atom stereocenters. The van der Waals surface area contributed by atoms with E-state index in [-0.39, 0.29) is 17.3 Å². The lowest BCUT2D eigenvalue weighted by Crippen LogP contribution is -2.10. The Labute approximate surface area is 93.3 Å². The molecule has 2 rings (SSSR count). The van der Waals surface area contributed by atoms with Gasteiger partial charge < -0.3 is 10.4 Å². The smallest absolute Gasteiger partial charge is 0.335 e. The Balaban J connectivity index is 2.44. The van der Waals surface area contributed by atoms with Crippen molar-refractivity contribution < 1.29 is 14.3 Å². The van der Waals surface area contributed by atoms with Crippen molar-refractivity contribution >= 4 is 5.97 Å². The van der Waals surface area contributed by atoms with Crippen molar-refractivity contribution in [3.8, 4) is 0 Å². The number of rotatable bonds is 2. The number of nitrogens with one attached hydrogen (secondary N) is 1. The Morgan fingerprint density at radius 3 is 2.88 bits per heavy atom. The maximum absolute atomic E-state index is 13.7. The van der Waals surface area contributed by atoms with E-state index >= 15 is 0 Å². The minimum absolute atomic E-state index is 0.0960. The SMILES string of the molecule is Cc1cc(F)c(C2CCNC2)cc1C(=O)O. The number of carboxylic acids is 1. The van der Waals surface area contributed by atoms with Crippen LogP contribution in [0.25, 0.3) is 0 Å². The van der Waals surface area contributed by atoms with E-state index in [0.29, 0.717) is 11.1 Å². The fraction of sp³-hybridized carbons (Fsp3) is 0.417. The molecular formula is C12H14FNO2. The summed E-state index contributed by atoms with van der Waals surface area (Å²) < 4.78 is 13.7. The Hall–Kier alpha value is -1.42. The molecule has 0 amide bonds. The van der Waals surface area contributed by atoms with Crippen molar-refractivity contribution in [2.24, 2.45) is 0 Å². The van der Waals surface area contributed by atoms with Crippen molar-refractivity contribution in [1.82, 2.24) is 5.32 Å². The summed E-state index contributed by atoms with van der Waals surface area (Å²) in [6.07, 6.45) is 0.860. The second kappa shape index (κ2) is 4.22. The first-order valence-corrected chi connectivity index (χ1v) is 5.33. The summed E-state index contributed by atoms with van der Waals surface area (Å²) in [5.74, 6) is -1.19. The van der Waals surface area contributed by atoms with Gasteiger partial charge in [-0.05, 0) is 43.1 Å². The van der Waals surface area contributed by atoms with Gasteiger partial charge in [0.25, 0.3) is 0 Å². The molecule has 4 heteroatoms. The molecular weight excluding hydrogens is 209 g/mol. The van der Waals surface area contributed by atoms with Gasteiger partial charge in [0.2, 0.25) is 0 Å². The lowest BCUT2D eigenvalue weighted by molar-refractivity contribution is 0.0696. The molecule has 0 spiro atoms. The average molecular weight is 223 g/mol. The highest BCUT2D eigenvalue weighted by Crippen LogP contribution is 2.27. The average Bonchev–Trinajstić information content (AvgIpc) is 2.70. The van der Waals surface area contributed by atoms with Gasteiger partial charge in [0.15, 0.2) is 0 Å². The first-order valence-electron chi connectivity index (χ1n) is 5.33. The van der Waals surface area contributed by atoms with E-state index < -0.39 is 5.97 Å². The summed E-state index contributed by atoms with van der Waals surface area (Å²) in [5, 5.41) is 12.1. The minimum Gasteiger partial charge on any atom is -0.478 e. The highest BCUT2D eigenvalue weighted by molar-refractivity contribution is 5.89. The number of aromatic carboxylic acids is 1. The van der Waals surface area contributed by atoms with Crippen LogP contribution in [-0.4, -0.2) is 24.2 Å². The molecule has 1 unspecified atom stereocenters. The number of hydrogen-bond acceptors (Lipinski definition) is 2. The van der Waals surface area contributed by atoms with Gasteiger partial charge in [-0.2, -0.15) is 0 Å². The quantitative estimate of drug-likeness (QED) is 0.805. The zero-order valence-corrected chi connectivity index (χ0v) is 9.09. The van der Waals surface area contributed by atoms with Gasteiger partial charge in [-0.3, -0.25) is 0 Å². The second-order valence-corrected chi connectivity index (χ2v) is 4.18. The van der Waals surface area contributed by atoms with Crippen LogP contribution in [0.2, 0.25) is 0 Å². The molecule has 1 aromatic rings. The molecule has 0 bridgehead atoms. The molecule has 1 saturated heterocycles. The van der Waals surface area contributed by atoms with Crippen LogP contribution < -0.4 is 5.32 Å². The lowest BCUT2D eigenvalue weighted by atomic mass is 9.94. The van der Waals surface area contributed by atoms with Gasteiger partial charge in [0.05, 0.1) is 5.56 Å². The number of hydrogen-bond donors (Lipinski definition) is 2. The zero-order valence-electron chi connectivity index (χ0n) is 9.09. The van der Waals surface area contributed by atoms with Crippen LogP contribution >= 0.6 is 0 Å². The molecule has 0 aliphatic carbocycles. The van der Waals surface area contributed by atoms with Crippen LogP contribution in [-0.2, 0) is 0 Å². The van der Waals surface area contributed by atoms with Crippen molar-refractivity contribution in [3.05, 3.63) is 34.6 Å². The summed E-state index contributed by atoms with van der Waals surface area (Å²) in [7, 11) is 0. The van der Waals surface area contributed by atoms with Gasteiger partial charge in [-0.25, -0.2) is 9.18 Å².